The van der Waals surface area contributed by atoms with Gasteiger partial charge in [-0.1, -0.05) is 18.5 Å². The molecule has 0 amide bonds. The summed E-state index contributed by atoms with van der Waals surface area (Å²) < 4.78 is 18.8. The summed E-state index contributed by atoms with van der Waals surface area (Å²) in [5, 5.41) is 3.42. The molecule has 0 fully saturated rings. The molecular weight excluding hydrogens is 279 g/mol. The molecule has 0 aliphatic carbocycles. The Morgan fingerprint density at radius 2 is 2.20 bits per heavy atom. The average molecular weight is 297 g/mol. The van der Waals surface area contributed by atoms with Gasteiger partial charge in [0.05, 0.1) is 11.2 Å². The Morgan fingerprint density at radius 3 is 2.95 bits per heavy atom. The number of hydrogen-bond donors (Lipinski definition) is 1. The maximum atomic E-state index is 13.1. The zero-order valence-electron chi connectivity index (χ0n) is 11.5. The standard InChI is InChI=1S/C15H18ClFN2O/c1-2-7-18-8-3-4-15-19-10-14(20-15)11-5-6-13(17)12(16)9-11/h5-6,9-10,18H,2-4,7-8H2,1H3. The Balaban J connectivity index is 1.93. The van der Waals surface area contributed by atoms with Crippen LogP contribution in [0.4, 0.5) is 4.39 Å². The molecule has 1 aromatic heterocycles. The van der Waals surface area contributed by atoms with Crippen molar-refractivity contribution in [2.75, 3.05) is 13.1 Å². The van der Waals surface area contributed by atoms with Crippen molar-refractivity contribution in [3.05, 3.63) is 41.1 Å². The van der Waals surface area contributed by atoms with Gasteiger partial charge in [-0.25, -0.2) is 9.37 Å². The van der Waals surface area contributed by atoms with Gasteiger partial charge in [-0.3, -0.25) is 0 Å². The Kier molecular flexibility index (Phi) is 5.56. The molecule has 1 heterocycles. The molecule has 0 saturated carbocycles. The van der Waals surface area contributed by atoms with Gasteiger partial charge in [0.25, 0.3) is 0 Å². The van der Waals surface area contributed by atoms with Crippen LogP contribution in [-0.4, -0.2) is 18.1 Å². The van der Waals surface area contributed by atoms with Crippen molar-refractivity contribution >= 4 is 11.6 Å². The van der Waals surface area contributed by atoms with Crippen LogP contribution in [0.15, 0.2) is 28.8 Å². The summed E-state index contributed by atoms with van der Waals surface area (Å²) in [6, 6.07) is 4.51. The summed E-state index contributed by atoms with van der Waals surface area (Å²) in [7, 11) is 0. The summed E-state index contributed by atoms with van der Waals surface area (Å²) in [5.41, 5.74) is 0.735. The molecule has 5 heteroatoms. The molecule has 2 rings (SSSR count). The van der Waals surface area contributed by atoms with E-state index >= 15 is 0 Å². The van der Waals surface area contributed by atoms with Crippen LogP contribution < -0.4 is 5.32 Å². The van der Waals surface area contributed by atoms with E-state index in [0.29, 0.717) is 11.7 Å². The third-order valence-electron chi connectivity index (χ3n) is 2.93. The number of oxazole rings is 1. The van der Waals surface area contributed by atoms with E-state index in [0.717, 1.165) is 37.9 Å². The van der Waals surface area contributed by atoms with E-state index in [-0.39, 0.29) is 5.02 Å². The van der Waals surface area contributed by atoms with Crippen LogP contribution in [0.5, 0.6) is 0 Å². The molecule has 2 aromatic rings. The van der Waals surface area contributed by atoms with Crippen molar-refractivity contribution in [2.24, 2.45) is 0 Å². The van der Waals surface area contributed by atoms with E-state index in [2.05, 4.69) is 17.2 Å². The zero-order valence-corrected chi connectivity index (χ0v) is 12.2. The van der Waals surface area contributed by atoms with Crippen molar-refractivity contribution in [1.29, 1.82) is 0 Å². The molecule has 0 atom stereocenters. The molecule has 3 nitrogen and oxygen atoms in total. The third kappa shape index (κ3) is 4.05. The molecule has 108 valence electrons. The Labute approximate surface area is 123 Å². The van der Waals surface area contributed by atoms with Gasteiger partial charge in [-0.05, 0) is 44.1 Å². The van der Waals surface area contributed by atoms with Crippen LogP contribution in [-0.2, 0) is 6.42 Å². The summed E-state index contributed by atoms with van der Waals surface area (Å²) in [4.78, 5) is 4.23. The van der Waals surface area contributed by atoms with Gasteiger partial charge in [-0.2, -0.15) is 0 Å². The van der Waals surface area contributed by atoms with E-state index in [1.165, 1.54) is 6.07 Å². The highest BCUT2D eigenvalue weighted by atomic mass is 35.5. The highest BCUT2D eigenvalue weighted by molar-refractivity contribution is 6.31. The number of aromatic nitrogens is 1. The quantitative estimate of drug-likeness (QED) is 0.783. The maximum Gasteiger partial charge on any atom is 0.194 e. The van der Waals surface area contributed by atoms with E-state index in [4.69, 9.17) is 16.0 Å². The first-order valence-electron chi connectivity index (χ1n) is 6.81. The molecule has 1 aromatic carbocycles. The number of nitrogens with zero attached hydrogens (tertiary/aromatic N) is 1. The van der Waals surface area contributed by atoms with Crippen molar-refractivity contribution in [1.82, 2.24) is 10.3 Å². The second kappa shape index (κ2) is 7.41. The van der Waals surface area contributed by atoms with Crippen LogP contribution in [0.3, 0.4) is 0 Å². The fraction of sp³-hybridized carbons (Fsp3) is 0.400. The highest BCUT2D eigenvalue weighted by Gasteiger charge is 2.08. The lowest BCUT2D eigenvalue weighted by atomic mass is 10.2. The highest BCUT2D eigenvalue weighted by Crippen LogP contribution is 2.25. The Bertz CT molecular complexity index is 557. The number of benzene rings is 1. The van der Waals surface area contributed by atoms with E-state index < -0.39 is 5.82 Å². The van der Waals surface area contributed by atoms with Crippen LogP contribution in [0.2, 0.25) is 5.02 Å². The zero-order chi connectivity index (χ0) is 14.4. The number of hydrogen-bond acceptors (Lipinski definition) is 3. The molecule has 0 radical (unpaired) electrons. The van der Waals surface area contributed by atoms with Gasteiger partial charge in [0.1, 0.15) is 5.82 Å². The van der Waals surface area contributed by atoms with Crippen molar-refractivity contribution < 1.29 is 8.81 Å². The fourth-order valence-electron chi connectivity index (χ4n) is 1.88. The van der Waals surface area contributed by atoms with Crippen molar-refractivity contribution in [2.45, 2.75) is 26.2 Å². The largest absolute Gasteiger partial charge is 0.441 e. The van der Waals surface area contributed by atoms with Gasteiger partial charge in [0.2, 0.25) is 0 Å². The average Bonchev–Trinajstić information content (AvgIpc) is 2.90. The molecule has 0 bridgehead atoms. The second-order valence-corrected chi connectivity index (χ2v) is 5.01. The van der Waals surface area contributed by atoms with Crippen molar-refractivity contribution in [3.63, 3.8) is 0 Å². The van der Waals surface area contributed by atoms with E-state index in [1.54, 1.807) is 18.3 Å². The van der Waals surface area contributed by atoms with Crippen molar-refractivity contribution in [3.8, 4) is 11.3 Å². The molecular formula is C15H18ClFN2O. The summed E-state index contributed by atoms with van der Waals surface area (Å²) in [5.74, 6) is 0.874. The molecule has 20 heavy (non-hydrogen) atoms. The predicted octanol–water partition coefficient (Wildman–Crippen LogP) is 4.07. The fourth-order valence-corrected chi connectivity index (χ4v) is 2.06. The maximum absolute atomic E-state index is 13.1. The molecule has 0 aliphatic heterocycles. The molecule has 1 N–H and O–H groups in total. The molecule has 0 spiro atoms. The number of halogens is 2. The Morgan fingerprint density at radius 1 is 1.35 bits per heavy atom. The predicted molar refractivity (Wildman–Crippen MR) is 78.4 cm³/mol. The molecule has 0 saturated heterocycles. The lowest BCUT2D eigenvalue weighted by Gasteiger charge is -2.00. The number of rotatable bonds is 7. The second-order valence-electron chi connectivity index (χ2n) is 4.60. The summed E-state index contributed by atoms with van der Waals surface area (Å²) >= 11 is 5.76. The van der Waals surface area contributed by atoms with Gasteiger partial charge >= 0.3 is 0 Å². The summed E-state index contributed by atoms with van der Waals surface area (Å²) in [6.07, 6.45) is 4.54. The first-order chi connectivity index (χ1) is 9.70. The lowest BCUT2D eigenvalue weighted by molar-refractivity contribution is 0.491. The Hall–Kier alpha value is -1.39. The SMILES string of the molecule is CCCNCCCc1ncc(-c2ccc(F)c(Cl)c2)o1. The monoisotopic (exact) mass is 296 g/mol. The van der Waals surface area contributed by atoms with Gasteiger partial charge in [0, 0.05) is 12.0 Å². The minimum absolute atomic E-state index is 0.0872. The van der Waals surface area contributed by atoms with Gasteiger partial charge < -0.3 is 9.73 Å². The third-order valence-corrected chi connectivity index (χ3v) is 3.22. The number of aryl methyl sites for hydroxylation is 1. The summed E-state index contributed by atoms with van der Waals surface area (Å²) in [6.45, 7) is 4.13. The van der Waals surface area contributed by atoms with E-state index in [9.17, 15) is 4.39 Å². The van der Waals surface area contributed by atoms with E-state index in [1.807, 2.05) is 0 Å². The minimum Gasteiger partial charge on any atom is -0.441 e. The minimum atomic E-state index is -0.433. The smallest absolute Gasteiger partial charge is 0.194 e. The first-order valence-corrected chi connectivity index (χ1v) is 7.19. The van der Waals surface area contributed by atoms with Gasteiger partial charge in [-0.15, -0.1) is 0 Å². The number of nitrogens with one attached hydrogen (secondary N) is 1. The molecule has 0 aliphatic rings. The first kappa shape index (κ1) is 15.0. The lowest BCUT2D eigenvalue weighted by Crippen LogP contribution is -2.16. The van der Waals surface area contributed by atoms with Crippen LogP contribution in [0, 0.1) is 5.82 Å². The molecule has 0 unspecified atom stereocenters. The van der Waals surface area contributed by atoms with Crippen LogP contribution in [0.1, 0.15) is 25.7 Å². The van der Waals surface area contributed by atoms with Crippen LogP contribution >= 0.6 is 11.6 Å². The normalized spacial score (nSPS) is 10.9. The van der Waals surface area contributed by atoms with Gasteiger partial charge in [0.15, 0.2) is 11.7 Å². The topological polar surface area (TPSA) is 38.1 Å². The van der Waals surface area contributed by atoms with Crippen LogP contribution in [0.25, 0.3) is 11.3 Å².